The van der Waals surface area contributed by atoms with Gasteiger partial charge in [0.05, 0.1) is 12.8 Å². The Labute approximate surface area is 219 Å². The highest BCUT2D eigenvalue weighted by molar-refractivity contribution is 6.01. The molecule has 0 bridgehead atoms. The molecule has 38 heavy (non-hydrogen) atoms. The summed E-state index contributed by atoms with van der Waals surface area (Å²) in [5.41, 5.74) is 4.24. The molecule has 0 radical (unpaired) electrons. The molecule has 1 unspecified atom stereocenters. The van der Waals surface area contributed by atoms with Gasteiger partial charge in [-0.05, 0) is 65.6 Å². The summed E-state index contributed by atoms with van der Waals surface area (Å²) in [6.07, 6.45) is 3.26. The van der Waals surface area contributed by atoms with Crippen molar-refractivity contribution in [2.45, 2.75) is 31.6 Å². The largest absolute Gasteiger partial charge is 0.381 e. The van der Waals surface area contributed by atoms with Crippen molar-refractivity contribution in [1.82, 2.24) is 20.1 Å². The molecule has 2 aliphatic rings. The highest BCUT2D eigenvalue weighted by atomic mass is 19.3. The van der Waals surface area contributed by atoms with Crippen LogP contribution in [0.1, 0.15) is 52.4 Å². The van der Waals surface area contributed by atoms with Crippen LogP contribution in [0.15, 0.2) is 48.8 Å². The Hall–Kier alpha value is -3.85. The SMILES string of the molecule is CNC(=O)c1cc2ccc(C3CCOC3)cc2c(N2CCCc3cc(-c4cnn(C)c4)c(C(F)F)cc32)n1. The number of carbonyl (C=O) groups is 1. The van der Waals surface area contributed by atoms with Crippen LogP contribution in [-0.2, 0) is 18.2 Å². The minimum absolute atomic E-state index is 0.0424. The van der Waals surface area contributed by atoms with Crippen LogP contribution in [0.25, 0.3) is 21.9 Å². The molecule has 196 valence electrons. The number of anilines is 2. The van der Waals surface area contributed by atoms with Crippen molar-refractivity contribution in [1.29, 1.82) is 0 Å². The fourth-order valence-electron chi connectivity index (χ4n) is 5.61. The van der Waals surface area contributed by atoms with Gasteiger partial charge in [0.2, 0.25) is 0 Å². The highest BCUT2D eigenvalue weighted by Gasteiger charge is 2.28. The molecule has 0 saturated carbocycles. The van der Waals surface area contributed by atoms with Crippen LogP contribution in [0.2, 0.25) is 0 Å². The third-order valence-corrected chi connectivity index (χ3v) is 7.57. The van der Waals surface area contributed by atoms with E-state index < -0.39 is 6.43 Å². The second-order valence-electron chi connectivity index (χ2n) is 9.98. The van der Waals surface area contributed by atoms with E-state index in [2.05, 4.69) is 22.5 Å². The predicted octanol–water partition coefficient (Wildman–Crippen LogP) is 5.52. The Morgan fingerprint density at radius 1 is 1.21 bits per heavy atom. The van der Waals surface area contributed by atoms with E-state index in [4.69, 9.17) is 9.72 Å². The number of benzene rings is 2. The standard InChI is InChI=1S/C29H29F2N5O2/c1-32-29(37)25-12-18-6-5-17(20-7-9-38-16-20)10-23(18)28(34-25)36-8-3-4-19-11-22(21-14-33-35(2)15-21)24(27(30)31)13-26(19)36/h5-6,10-15,20,27H,3-4,7-9,16H2,1-2H3,(H,32,37). The summed E-state index contributed by atoms with van der Waals surface area (Å²) in [6, 6.07) is 11.5. The van der Waals surface area contributed by atoms with E-state index in [-0.39, 0.29) is 11.5 Å². The van der Waals surface area contributed by atoms with Gasteiger partial charge < -0.3 is 15.0 Å². The lowest BCUT2D eigenvalue weighted by molar-refractivity contribution is 0.0958. The zero-order valence-electron chi connectivity index (χ0n) is 21.4. The quantitative estimate of drug-likeness (QED) is 0.377. The van der Waals surface area contributed by atoms with Gasteiger partial charge in [0.15, 0.2) is 0 Å². The molecule has 4 heterocycles. The van der Waals surface area contributed by atoms with E-state index in [1.165, 1.54) is 0 Å². The summed E-state index contributed by atoms with van der Waals surface area (Å²) in [4.78, 5) is 19.4. The molecule has 0 spiro atoms. The summed E-state index contributed by atoms with van der Waals surface area (Å²) < 4.78 is 36.0. The van der Waals surface area contributed by atoms with Gasteiger partial charge in [-0.1, -0.05) is 12.1 Å². The molecule has 1 fully saturated rings. The number of ether oxygens (including phenoxy) is 1. The number of nitrogens with zero attached hydrogens (tertiary/aromatic N) is 4. The number of amides is 1. The van der Waals surface area contributed by atoms with Crippen LogP contribution in [0, 0.1) is 0 Å². The minimum atomic E-state index is -2.66. The maximum Gasteiger partial charge on any atom is 0.269 e. The minimum Gasteiger partial charge on any atom is -0.381 e. The topological polar surface area (TPSA) is 72.3 Å². The van der Waals surface area contributed by atoms with E-state index in [1.807, 2.05) is 17.0 Å². The number of rotatable bonds is 5. The van der Waals surface area contributed by atoms with E-state index in [9.17, 15) is 13.6 Å². The van der Waals surface area contributed by atoms with Crippen LogP contribution in [0.5, 0.6) is 0 Å². The summed E-state index contributed by atoms with van der Waals surface area (Å²) in [6.45, 7) is 2.02. The third kappa shape index (κ3) is 4.30. The molecule has 1 N–H and O–H groups in total. The third-order valence-electron chi connectivity index (χ3n) is 7.57. The van der Waals surface area contributed by atoms with Gasteiger partial charge in [-0.15, -0.1) is 0 Å². The maximum atomic E-state index is 14.4. The van der Waals surface area contributed by atoms with Crippen molar-refractivity contribution in [3.63, 3.8) is 0 Å². The first-order valence-corrected chi connectivity index (χ1v) is 12.9. The Kier molecular flexibility index (Phi) is 6.31. The summed E-state index contributed by atoms with van der Waals surface area (Å²) in [5.74, 6) is 0.614. The number of pyridine rings is 1. The lowest BCUT2D eigenvalue weighted by atomic mass is 9.92. The van der Waals surface area contributed by atoms with Crippen molar-refractivity contribution in [3.8, 4) is 11.1 Å². The highest BCUT2D eigenvalue weighted by Crippen LogP contribution is 2.43. The molecule has 7 nitrogen and oxygen atoms in total. The number of alkyl halides is 2. The molecule has 1 amide bonds. The Bertz CT molecular complexity index is 1530. The first-order valence-electron chi connectivity index (χ1n) is 12.9. The summed E-state index contributed by atoms with van der Waals surface area (Å²) in [7, 11) is 3.34. The lowest BCUT2D eigenvalue weighted by Crippen LogP contribution is -2.27. The van der Waals surface area contributed by atoms with Gasteiger partial charge in [0.1, 0.15) is 11.5 Å². The van der Waals surface area contributed by atoms with Crippen LogP contribution in [-0.4, -0.2) is 47.5 Å². The number of hydrogen-bond donors (Lipinski definition) is 1. The van der Waals surface area contributed by atoms with Crippen molar-refractivity contribution in [3.05, 3.63) is 71.2 Å². The maximum absolute atomic E-state index is 14.4. The molecular formula is C29H29F2N5O2. The van der Waals surface area contributed by atoms with Gasteiger partial charge in [0.25, 0.3) is 12.3 Å². The van der Waals surface area contributed by atoms with E-state index in [1.54, 1.807) is 43.3 Å². The Morgan fingerprint density at radius 3 is 2.79 bits per heavy atom. The molecule has 2 aliphatic heterocycles. The molecule has 6 rings (SSSR count). The smallest absolute Gasteiger partial charge is 0.269 e. The van der Waals surface area contributed by atoms with Crippen LogP contribution in [0.3, 0.4) is 0 Å². The fourth-order valence-corrected chi connectivity index (χ4v) is 5.61. The molecule has 4 aromatic rings. The van der Waals surface area contributed by atoms with Crippen molar-refractivity contribution < 1.29 is 18.3 Å². The number of hydrogen-bond acceptors (Lipinski definition) is 5. The van der Waals surface area contributed by atoms with Gasteiger partial charge in [-0.2, -0.15) is 5.10 Å². The van der Waals surface area contributed by atoms with Gasteiger partial charge >= 0.3 is 0 Å². The van der Waals surface area contributed by atoms with Crippen molar-refractivity contribution >= 4 is 28.2 Å². The number of aryl methyl sites for hydroxylation is 2. The second kappa shape index (κ2) is 9.79. The molecular weight excluding hydrogens is 488 g/mol. The second-order valence-corrected chi connectivity index (χ2v) is 9.98. The molecule has 1 saturated heterocycles. The molecule has 0 aliphatic carbocycles. The molecule has 1 atom stereocenters. The zero-order chi connectivity index (χ0) is 26.4. The van der Waals surface area contributed by atoms with E-state index in [0.717, 1.165) is 47.8 Å². The van der Waals surface area contributed by atoms with E-state index >= 15 is 0 Å². The lowest BCUT2D eigenvalue weighted by Gasteiger charge is -2.33. The molecule has 2 aromatic carbocycles. The zero-order valence-corrected chi connectivity index (χ0v) is 21.4. The van der Waals surface area contributed by atoms with Crippen LogP contribution >= 0.6 is 0 Å². The molecule has 9 heteroatoms. The number of halogens is 2. The first kappa shape index (κ1) is 24.5. The summed E-state index contributed by atoms with van der Waals surface area (Å²) >= 11 is 0. The fraction of sp³-hybridized carbons (Fsp3) is 0.345. The normalized spacial score (nSPS) is 17.3. The van der Waals surface area contributed by atoms with E-state index in [0.29, 0.717) is 47.4 Å². The number of nitrogens with one attached hydrogen (secondary N) is 1. The van der Waals surface area contributed by atoms with Gasteiger partial charge in [-0.3, -0.25) is 9.48 Å². The first-order chi connectivity index (χ1) is 18.4. The monoisotopic (exact) mass is 517 g/mol. The van der Waals surface area contributed by atoms with Crippen LogP contribution in [0.4, 0.5) is 20.3 Å². The number of fused-ring (bicyclic) bond motifs is 2. The average molecular weight is 518 g/mol. The van der Waals surface area contributed by atoms with Crippen molar-refractivity contribution in [2.75, 3.05) is 31.7 Å². The van der Waals surface area contributed by atoms with Crippen molar-refractivity contribution in [2.24, 2.45) is 7.05 Å². The van der Waals surface area contributed by atoms with Gasteiger partial charge in [0, 0.05) is 61.6 Å². The van der Waals surface area contributed by atoms with Crippen LogP contribution < -0.4 is 10.2 Å². The predicted molar refractivity (Wildman–Crippen MR) is 142 cm³/mol. The Morgan fingerprint density at radius 2 is 2.08 bits per heavy atom. The Balaban J connectivity index is 1.54. The summed E-state index contributed by atoms with van der Waals surface area (Å²) in [5, 5.41) is 8.61. The average Bonchev–Trinajstić information content (AvgIpc) is 3.63. The van der Waals surface area contributed by atoms with Gasteiger partial charge in [-0.25, -0.2) is 13.8 Å². The number of aromatic nitrogens is 3. The number of carbonyl (C=O) groups excluding carboxylic acids is 1. The molecule has 2 aromatic heterocycles.